The van der Waals surface area contributed by atoms with Crippen molar-refractivity contribution in [3.05, 3.63) is 71.5 Å². The zero-order valence-corrected chi connectivity index (χ0v) is 18.0. The van der Waals surface area contributed by atoms with Gasteiger partial charge in [0.2, 0.25) is 5.91 Å². The Morgan fingerprint density at radius 3 is 2.60 bits per heavy atom. The predicted molar refractivity (Wildman–Crippen MR) is 120 cm³/mol. The molecule has 154 valence electrons. The van der Waals surface area contributed by atoms with Crippen LogP contribution in [-0.4, -0.2) is 32.5 Å². The molecule has 6 heteroatoms. The van der Waals surface area contributed by atoms with Gasteiger partial charge in [0.25, 0.3) is 0 Å². The summed E-state index contributed by atoms with van der Waals surface area (Å²) in [6, 6.07) is 18.9. The van der Waals surface area contributed by atoms with Gasteiger partial charge < -0.3 is 9.47 Å². The van der Waals surface area contributed by atoms with Crippen molar-refractivity contribution in [1.29, 1.82) is 0 Å². The second kappa shape index (κ2) is 8.26. The maximum atomic E-state index is 13.2. The molecule has 1 fully saturated rings. The van der Waals surface area contributed by atoms with Crippen LogP contribution in [0, 0.1) is 0 Å². The van der Waals surface area contributed by atoms with Gasteiger partial charge in [0, 0.05) is 17.6 Å². The molecule has 0 bridgehead atoms. The molecule has 1 aliphatic heterocycles. The van der Waals surface area contributed by atoms with Crippen LogP contribution < -0.4 is 4.90 Å². The van der Waals surface area contributed by atoms with Crippen LogP contribution in [-0.2, 0) is 17.8 Å². The summed E-state index contributed by atoms with van der Waals surface area (Å²) in [5, 5.41) is 9.78. The number of hydrogen-bond donors (Lipinski definition) is 0. The van der Waals surface area contributed by atoms with E-state index in [-0.39, 0.29) is 11.9 Å². The molecule has 0 saturated heterocycles. The van der Waals surface area contributed by atoms with Crippen molar-refractivity contribution in [2.24, 2.45) is 0 Å². The van der Waals surface area contributed by atoms with Crippen LogP contribution in [0.1, 0.15) is 49.1 Å². The minimum atomic E-state index is 0.141. The lowest BCUT2D eigenvalue weighted by Crippen LogP contribution is -2.43. The van der Waals surface area contributed by atoms with Gasteiger partial charge in [-0.05, 0) is 49.8 Å². The Labute approximate surface area is 181 Å². The van der Waals surface area contributed by atoms with Crippen molar-refractivity contribution in [3.8, 4) is 0 Å². The summed E-state index contributed by atoms with van der Waals surface area (Å²) in [5.41, 5.74) is 3.55. The Morgan fingerprint density at radius 1 is 1.03 bits per heavy atom. The van der Waals surface area contributed by atoms with Crippen LogP contribution in [0.4, 0.5) is 5.69 Å². The number of anilines is 1. The molecule has 1 unspecified atom stereocenters. The summed E-state index contributed by atoms with van der Waals surface area (Å²) < 4.78 is 2.21. The Morgan fingerprint density at radius 2 is 1.80 bits per heavy atom. The smallest absolute Gasteiger partial charge is 0.237 e. The first kappa shape index (κ1) is 19.4. The van der Waals surface area contributed by atoms with E-state index in [0.29, 0.717) is 11.7 Å². The standard InChI is InChI=1S/C24H26N4OS/c1-17-11-12-19-9-5-6-10-21(19)28(17)22(29)16-30-24-26-25-23(20-13-14-20)27(24)15-18-7-3-2-4-8-18/h2-10,17,20H,11-16H2,1H3. The van der Waals surface area contributed by atoms with E-state index in [1.54, 1.807) is 0 Å². The monoisotopic (exact) mass is 418 g/mol. The SMILES string of the molecule is CC1CCc2ccccc2N1C(=O)CSc1nnc(C2CC2)n1Cc1ccccc1. The highest BCUT2D eigenvalue weighted by atomic mass is 32.2. The van der Waals surface area contributed by atoms with Gasteiger partial charge in [-0.2, -0.15) is 0 Å². The van der Waals surface area contributed by atoms with E-state index in [0.717, 1.165) is 36.1 Å². The van der Waals surface area contributed by atoms with E-state index in [9.17, 15) is 4.79 Å². The molecule has 1 amide bonds. The van der Waals surface area contributed by atoms with E-state index in [1.165, 1.54) is 35.7 Å². The third-order valence-corrected chi connectivity index (χ3v) is 6.94. The summed E-state index contributed by atoms with van der Waals surface area (Å²) in [7, 11) is 0. The van der Waals surface area contributed by atoms with Gasteiger partial charge in [-0.25, -0.2) is 0 Å². The van der Waals surface area contributed by atoms with Crippen molar-refractivity contribution >= 4 is 23.4 Å². The average molecular weight is 419 g/mol. The molecule has 0 radical (unpaired) electrons. The number of hydrogen-bond acceptors (Lipinski definition) is 4. The lowest BCUT2D eigenvalue weighted by Gasteiger charge is -2.35. The number of thioether (sulfide) groups is 1. The van der Waals surface area contributed by atoms with Crippen LogP contribution >= 0.6 is 11.8 Å². The molecule has 5 nitrogen and oxygen atoms in total. The first-order chi connectivity index (χ1) is 14.7. The molecule has 2 aromatic carbocycles. The Balaban J connectivity index is 1.35. The zero-order chi connectivity index (χ0) is 20.5. The molecule has 2 aliphatic rings. The fraction of sp³-hybridized carbons (Fsp3) is 0.375. The van der Waals surface area contributed by atoms with Crippen LogP contribution in [0.2, 0.25) is 0 Å². The van der Waals surface area contributed by atoms with Crippen molar-refractivity contribution in [3.63, 3.8) is 0 Å². The normalized spacial score (nSPS) is 18.3. The van der Waals surface area contributed by atoms with Crippen molar-refractivity contribution < 1.29 is 4.79 Å². The molecule has 1 aromatic heterocycles. The molecule has 0 N–H and O–H groups in total. The summed E-state index contributed by atoms with van der Waals surface area (Å²) in [4.78, 5) is 15.2. The minimum absolute atomic E-state index is 0.141. The molecule has 1 saturated carbocycles. The van der Waals surface area contributed by atoms with Crippen molar-refractivity contribution in [2.75, 3.05) is 10.7 Å². The number of aromatic nitrogens is 3. The van der Waals surface area contributed by atoms with Gasteiger partial charge in [0.05, 0.1) is 12.3 Å². The summed E-state index contributed by atoms with van der Waals surface area (Å²) in [5.74, 6) is 2.09. The molecule has 30 heavy (non-hydrogen) atoms. The second-order valence-electron chi connectivity index (χ2n) is 8.26. The molecule has 2 heterocycles. The second-order valence-corrected chi connectivity index (χ2v) is 9.20. The lowest BCUT2D eigenvalue weighted by molar-refractivity contribution is -0.116. The fourth-order valence-electron chi connectivity index (χ4n) is 4.23. The maximum Gasteiger partial charge on any atom is 0.237 e. The molecule has 3 aromatic rings. The Bertz CT molecular complexity index is 1040. The molecule has 1 aliphatic carbocycles. The summed E-state index contributed by atoms with van der Waals surface area (Å²) in [6.45, 7) is 2.89. The quantitative estimate of drug-likeness (QED) is 0.546. The highest BCUT2D eigenvalue weighted by molar-refractivity contribution is 7.99. The number of carbonyl (C=O) groups is 1. The van der Waals surface area contributed by atoms with Gasteiger partial charge in [-0.3, -0.25) is 4.79 Å². The fourth-order valence-corrected chi connectivity index (χ4v) is 5.03. The first-order valence-corrected chi connectivity index (χ1v) is 11.7. The largest absolute Gasteiger partial charge is 0.309 e. The number of rotatable bonds is 6. The van der Waals surface area contributed by atoms with Crippen molar-refractivity contribution in [1.82, 2.24) is 14.8 Å². The van der Waals surface area contributed by atoms with E-state index in [1.807, 2.05) is 17.0 Å². The number of nitrogens with zero attached hydrogens (tertiary/aromatic N) is 4. The number of benzene rings is 2. The van der Waals surface area contributed by atoms with Crippen LogP contribution in [0.25, 0.3) is 0 Å². The minimum Gasteiger partial charge on any atom is -0.309 e. The molecule has 0 spiro atoms. The summed E-state index contributed by atoms with van der Waals surface area (Å²) >= 11 is 1.51. The van der Waals surface area contributed by atoms with Crippen LogP contribution in [0.5, 0.6) is 0 Å². The van der Waals surface area contributed by atoms with Gasteiger partial charge in [0.1, 0.15) is 5.82 Å². The molecular formula is C24H26N4OS. The molecule has 1 atom stereocenters. The van der Waals surface area contributed by atoms with Gasteiger partial charge in [-0.15, -0.1) is 10.2 Å². The molecule has 5 rings (SSSR count). The highest BCUT2D eigenvalue weighted by Crippen LogP contribution is 2.40. The number of carbonyl (C=O) groups excluding carboxylic acids is 1. The summed E-state index contributed by atoms with van der Waals surface area (Å²) in [6.07, 6.45) is 4.39. The Kier molecular flexibility index (Phi) is 5.34. The van der Waals surface area contributed by atoms with E-state index >= 15 is 0 Å². The van der Waals surface area contributed by atoms with Gasteiger partial charge >= 0.3 is 0 Å². The van der Waals surface area contributed by atoms with E-state index in [4.69, 9.17) is 0 Å². The third kappa shape index (κ3) is 3.88. The van der Waals surface area contributed by atoms with E-state index in [2.05, 4.69) is 64.2 Å². The van der Waals surface area contributed by atoms with Gasteiger partial charge in [-0.1, -0.05) is 60.3 Å². The number of amides is 1. The van der Waals surface area contributed by atoms with Crippen LogP contribution in [0.3, 0.4) is 0 Å². The topological polar surface area (TPSA) is 51.0 Å². The third-order valence-electron chi connectivity index (χ3n) is 5.99. The first-order valence-electron chi connectivity index (χ1n) is 10.7. The maximum absolute atomic E-state index is 13.2. The Hall–Kier alpha value is -2.60. The van der Waals surface area contributed by atoms with Gasteiger partial charge in [0.15, 0.2) is 5.16 Å². The highest BCUT2D eigenvalue weighted by Gasteiger charge is 2.32. The number of para-hydroxylation sites is 1. The number of aryl methyl sites for hydroxylation is 1. The van der Waals surface area contributed by atoms with Crippen molar-refractivity contribution in [2.45, 2.75) is 56.3 Å². The van der Waals surface area contributed by atoms with E-state index < -0.39 is 0 Å². The molecular weight excluding hydrogens is 392 g/mol. The predicted octanol–water partition coefficient (Wildman–Crippen LogP) is 4.66. The zero-order valence-electron chi connectivity index (χ0n) is 17.2. The van der Waals surface area contributed by atoms with Crippen LogP contribution in [0.15, 0.2) is 59.8 Å². The number of fused-ring (bicyclic) bond motifs is 1. The lowest BCUT2D eigenvalue weighted by atomic mass is 9.97. The average Bonchev–Trinajstić information content (AvgIpc) is 3.54.